The predicted octanol–water partition coefficient (Wildman–Crippen LogP) is 6.77. The molecule has 33 heavy (non-hydrogen) atoms. The highest BCUT2D eigenvalue weighted by Gasteiger charge is 2.15. The fourth-order valence-corrected chi connectivity index (χ4v) is 3.73. The van der Waals surface area contributed by atoms with Gasteiger partial charge in [-0.15, -0.1) is 0 Å². The minimum Gasteiger partial charge on any atom is -0.493 e. The molecule has 0 fully saturated rings. The molecule has 0 radical (unpaired) electrons. The molecule has 0 saturated heterocycles. The van der Waals surface area contributed by atoms with Crippen LogP contribution in [0.25, 0.3) is 0 Å². The molecular formula is C26H28BrFN2O3. The molecule has 3 aromatic rings. The number of amides is 1. The number of anilines is 2. The number of nitrogens with one attached hydrogen (secondary N) is 2. The van der Waals surface area contributed by atoms with Gasteiger partial charge >= 0.3 is 0 Å². The maximum absolute atomic E-state index is 13.2. The van der Waals surface area contributed by atoms with Crippen LogP contribution >= 0.6 is 15.9 Å². The van der Waals surface area contributed by atoms with Crippen LogP contribution in [0.4, 0.5) is 15.8 Å². The van der Waals surface area contributed by atoms with E-state index < -0.39 is 0 Å². The van der Waals surface area contributed by atoms with E-state index in [9.17, 15) is 9.18 Å². The molecule has 0 aliphatic carbocycles. The van der Waals surface area contributed by atoms with Crippen molar-refractivity contribution < 1.29 is 18.7 Å². The highest BCUT2D eigenvalue weighted by atomic mass is 79.9. The third-order valence-electron chi connectivity index (χ3n) is 4.89. The molecule has 3 rings (SSSR count). The van der Waals surface area contributed by atoms with Crippen molar-refractivity contribution in [3.8, 4) is 11.5 Å². The monoisotopic (exact) mass is 514 g/mol. The number of ether oxygens (including phenoxy) is 2. The lowest BCUT2D eigenvalue weighted by Crippen LogP contribution is -2.14. The zero-order valence-electron chi connectivity index (χ0n) is 19.0. The van der Waals surface area contributed by atoms with Gasteiger partial charge in [0, 0.05) is 34.4 Å². The van der Waals surface area contributed by atoms with Crippen molar-refractivity contribution in [1.82, 2.24) is 0 Å². The Kier molecular flexibility index (Phi) is 8.72. The number of hydrogen-bond donors (Lipinski definition) is 2. The first-order valence-electron chi connectivity index (χ1n) is 10.7. The third-order valence-corrected chi connectivity index (χ3v) is 5.64. The summed E-state index contributed by atoms with van der Waals surface area (Å²) in [6, 6.07) is 17.5. The minimum atomic E-state index is -0.286. The standard InChI is InChI=1S/C26H28BrFN2O3/c1-17(2)13-25(31)30-21-6-4-5-20(14-21)29-15-22-23(27)11-12-24(32-3)26(22)33-16-18-7-9-19(28)10-8-18/h4-12,14,17,29H,13,15-16H2,1-3H3,(H,30,31). The van der Waals surface area contributed by atoms with E-state index in [1.807, 2.05) is 50.2 Å². The van der Waals surface area contributed by atoms with Crippen LogP contribution in [0, 0.1) is 11.7 Å². The third kappa shape index (κ3) is 7.22. The number of carbonyl (C=O) groups is 1. The molecule has 0 atom stereocenters. The van der Waals surface area contributed by atoms with Crippen LogP contribution in [0.15, 0.2) is 65.1 Å². The van der Waals surface area contributed by atoms with E-state index in [0.29, 0.717) is 30.4 Å². The van der Waals surface area contributed by atoms with Crippen LogP contribution in [0.2, 0.25) is 0 Å². The quantitative estimate of drug-likeness (QED) is 0.313. The number of halogens is 2. The molecule has 0 spiro atoms. The van der Waals surface area contributed by atoms with Gasteiger partial charge in [-0.3, -0.25) is 4.79 Å². The van der Waals surface area contributed by atoms with Gasteiger partial charge in [-0.1, -0.05) is 48.0 Å². The molecule has 0 saturated carbocycles. The molecule has 1 amide bonds. The normalized spacial score (nSPS) is 10.7. The van der Waals surface area contributed by atoms with Gasteiger partial charge in [0.2, 0.25) is 5.91 Å². The number of methoxy groups -OCH3 is 1. The summed E-state index contributed by atoms with van der Waals surface area (Å²) in [7, 11) is 1.59. The van der Waals surface area contributed by atoms with Gasteiger partial charge in [0.05, 0.1) is 7.11 Å². The van der Waals surface area contributed by atoms with Gasteiger partial charge in [-0.05, 0) is 53.9 Å². The van der Waals surface area contributed by atoms with Crippen LogP contribution in [0.3, 0.4) is 0 Å². The topological polar surface area (TPSA) is 59.6 Å². The molecule has 0 aromatic heterocycles. The summed E-state index contributed by atoms with van der Waals surface area (Å²) in [5.41, 5.74) is 3.33. The van der Waals surface area contributed by atoms with E-state index in [-0.39, 0.29) is 18.3 Å². The molecule has 5 nitrogen and oxygen atoms in total. The molecule has 0 bridgehead atoms. The van der Waals surface area contributed by atoms with Gasteiger partial charge in [0.25, 0.3) is 0 Å². The number of benzene rings is 3. The van der Waals surface area contributed by atoms with Crippen LogP contribution in [-0.2, 0) is 17.9 Å². The molecule has 7 heteroatoms. The maximum Gasteiger partial charge on any atom is 0.224 e. The lowest BCUT2D eigenvalue weighted by molar-refractivity contribution is -0.116. The van der Waals surface area contributed by atoms with Gasteiger partial charge in [-0.2, -0.15) is 0 Å². The molecule has 174 valence electrons. The van der Waals surface area contributed by atoms with E-state index in [1.54, 1.807) is 19.2 Å². The largest absolute Gasteiger partial charge is 0.493 e. The SMILES string of the molecule is COc1ccc(Br)c(CNc2cccc(NC(=O)CC(C)C)c2)c1OCc1ccc(F)cc1. The molecule has 0 unspecified atom stereocenters. The zero-order valence-corrected chi connectivity index (χ0v) is 20.5. The molecule has 0 heterocycles. The van der Waals surface area contributed by atoms with Gasteiger partial charge in [-0.25, -0.2) is 4.39 Å². The number of carbonyl (C=O) groups excluding carboxylic acids is 1. The van der Waals surface area contributed by atoms with Crippen molar-refractivity contribution in [2.45, 2.75) is 33.4 Å². The van der Waals surface area contributed by atoms with Crippen molar-refractivity contribution in [1.29, 1.82) is 0 Å². The first-order chi connectivity index (χ1) is 15.9. The number of hydrogen-bond acceptors (Lipinski definition) is 4. The lowest BCUT2D eigenvalue weighted by Gasteiger charge is -2.18. The summed E-state index contributed by atoms with van der Waals surface area (Å²) in [4.78, 5) is 12.1. The highest BCUT2D eigenvalue weighted by molar-refractivity contribution is 9.10. The summed E-state index contributed by atoms with van der Waals surface area (Å²) in [6.07, 6.45) is 0.475. The predicted molar refractivity (Wildman–Crippen MR) is 133 cm³/mol. The van der Waals surface area contributed by atoms with Crippen molar-refractivity contribution in [2.24, 2.45) is 5.92 Å². The van der Waals surface area contributed by atoms with E-state index in [1.165, 1.54) is 12.1 Å². The van der Waals surface area contributed by atoms with Crippen LogP contribution < -0.4 is 20.1 Å². The molecular weight excluding hydrogens is 487 g/mol. The summed E-state index contributed by atoms with van der Waals surface area (Å²) in [6.45, 7) is 4.76. The second-order valence-corrected chi connectivity index (χ2v) is 8.91. The van der Waals surface area contributed by atoms with E-state index in [4.69, 9.17) is 9.47 Å². The highest BCUT2D eigenvalue weighted by Crippen LogP contribution is 2.37. The fraction of sp³-hybridized carbons (Fsp3) is 0.269. The zero-order chi connectivity index (χ0) is 23.8. The molecule has 2 N–H and O–H groups in total. The van der Waals surface area contributed by atoms with Crippen molar-refractivity contribution in [3.05, 3.63) is 82.1 Å². The summed E-state index contributed by atoms with van der Waals surface area (Å²) >= 11 is 3.61. The van der Waals surface area contributed by atoms with Gasteiger partial charge in [0.1, 0.15) is 12.4 Å². The fourth-order valence-electron chi connectivity index (χ4n) is 3.28. The molecule has 0 aliphatic rings. The first kappa shape index (κ1) is 24.6. The second kappa shape index (κ2) is 11.7. The maximum atomic E-state index is 13.2. The average molecular weight is 515 g/mol. The summed E-state index contributed by atoms with van der Waals surface area (Å²) < 4.78 is 25.7. The van der Waals surface area contributed by atoms with Crippen LogP contribution in [-0.4, -0.2) is 13.0 Å². The number of rotatable bonds is 10. The van der Waals surface area contributed by atoms with E-state index in [2.05, 4.69) is 26.6 Å². The summed E-state index contributed by atoms with van der Waals surface area (Å²) in [5, 5.41) is 6.32. The average Bonchev–Trinajstić information content (AvgIpc) is 2.77. The Morgan fingerprint density at radius 2 is 1.79 bits per heavy atom. The molecule has 3 aromatic carbocycles. The second-order valence-electron chi connectivity index (χ2n) is 8.05. The summed E-state index contributed by atoms with van der Waals surface area (Å²) in [5.74, 6) is 1.21. The molecule has 0 aliphatic heterocycles. The Balaban J connectivity index is 1.74. The van der Waals surface area contributed by atoms with Crippen molar-refractivity contribution >= 4 is 33.2 Å². The van der Waals surface area contributed by atoms with E-state index in [0.717, 1.165) is 27.0 Å². The Bertz CT molecular complexity index is 1090. The Morgan fingerprint density at radius 1 is 1.06 bits per heavy atom. The first-order valence-corrected chi connectivity index (χ1v) is 11.5. The lowest BCUT2D eigenvalue weighted by atomic mass is 10.1. The van der Waals surface area contributed by atoms with Gasteiger partial charge in [0.15, 0.2) is 11.5 Å². The smallest absolute Gasteiger partial charge is 0.224 e. The van der Waals surface area contributed by atoms with E-state index >= 15 is 0 Å². The Labute approximate surface area is 202 Å². The Hall–Kier alpha value is -3.06. The Morgan fingerprint density at radius 3 is 2.48 bits per heavy atom. The van der Waals surface area contributed by atoms with Crippen molar-refractivity contribution in [3.63, 3.8) is 0 Å². The van der Waals surface area contributed by atoms with Gasteiger partial charge < -0.3 is 20.1 Å². The minimum absolute atomic E-state index is 0.00540. The van der Waals surface area contributed by atoms with Crippen molar-refractivity contribution in [2.75, 3.05) is 17.7 Å². The van der Waals surface area contributed by atoms with Crippen LogP contribution in [0.1, 0.15) is 31.4 Å². The van der Waals surface area contributed by atoms with Crippen LogP contribution in [0.5, 0.6) is 11.5 Å².